The van der Waals surface area contributed by atoms with Crippen molar-refractivity contribution < 1.29 is 9.18 Å². The van der Waals surface area contributed by atoms with Gasteiger partial charge in [-0.15, -0.1) is 6.58 Å². The van der Waals surface area contributed by atoms with Gasteiger partial charge in [0.15, 0.2) is 5.78 Å². The molecule has 0 N–H and O–H groups in total. The molecule has 1 nitrogen and oxygen atoms in total. The molecule has 0 saturated heterocycles. The largest absolute Gasteiger partial charge is 0.294 e. The molecule has 0 aliphatic heterocycles. The summed E-state index contributed by atoms with van der Waals surface area (Å²) in [6.07, 6.45) is 13.0. The van der Waals surface area contributed by atoms with E-state index < -0.39 is 5.67 Å². The van der Waals surface area contributed by atoms with Gasteiger partial charge in [-0.3, -0.25) is 4.79 Å². The number of ketones is 1. The molecule has 0 spiro atoms. The maximum absolute atomic E-state index is 15.2. The number of hydrogen-bond donors (Lipinski definition) is 0. The van der Waals surface area contributed by atoms with Crippen LogP contribution in [0.25, 0.3) is 0 Å². The van der Waals surface area contributed by atoms with Crippen LogP contribution >= 0.6 is 0 Å². The minimum atomic E-state index is -1.36. The van der Waals surface area contributed by atoms with Crippen LogP contribution in [0.1, 0.15) is 100 Å². The van der Waals surface area contributed by atoms with Gasteiger partial charge in [-0.25, -0.2) is 4.39 Å². The first-order valence-corrected chi connectivity index (χ1v) is 11.8. The van der Waals surface area contributed by atoms with Crippen molar-refractivity contribution in [1.82, 2.24) is 0 Å². The number of alkyl halides is 1. The van der Waals surface area contributed by atoms with Crippen molar-refractivity contribution in [2.24, 2.45) is 23.7 Å². The predicted octanol–water partition coefficient (Wildman–Crippen LogP) is 7.91. The van der Waals surface area contributed by atoms with E-state index in [1.54, 1.807) is 13.0 Å². The SMILES string of the molecule is C=CC(C)C(C)(F)[C@H](C)c1ccc(C(=O)CCC(C2CCCCC2)C2CC2)cc1. The van der Waals surface area contributed by atoms with Crippen molar-refractivity contribution in [2.45, 2.75) is 90.1 Å². The zero-order chi connectivity index (χ0) is 21.0. The number of carbonyl (C=O) groups is 1. The third kappa shape index (κ3) is 5.38. The minimum Gasteiger partial charge on any atom is -0.294 e. The molecule has 0 aromatic heterocycles. The van der Waals surface area contributed by atoms with E-state index in [-0.39, 0.29) is 17.6 Å². The number of Topliss-reactive ketones (excluding diaryl/α,β-unsaturated/α-hetero) is 1. The van der Waals surface area contributed by atoms with Crippen LogP contribution in [-0.4, -0.2) is 11.5 Å². The molecule has 2 aliphatic carbocycles. The van der Waals surface area contributed by atoms with Crippen molar-refractivity contribution in [3.63, 3.8) is 0 Å². The Balaban J connectivity index is 1.59. The summed E-state index contributed by atoms with van der Waals surface area (Å²) in [7, 11) is 0. The van der Waals surface area contributed by atoms with Crippen molar-refractivity contribution in [3.8, 4) is 0 Å². The fraction of sp³-hybridized carbons (Fsp3) is 0.667. The van der Waals surface area contributed by atoms with Crippen LogP contribution in [0.4, 0.5) is 4.39 Å². The number of allylic oxidation sites excluding steroid dienone is 1. The molecule has 4 atom stereocenters. The Morgan fingerprint density at radius 3 is 2.24 bits per heavy atom. The lowest BCUT2D eigenvalue weighted by Crippen LogP contribution is -2.32. The van der Waals surface area contributed by atoms with E-state index in [9.17, 15) is 4.79 Å². The quantitative estimate of drug-likeness (QED) is 0.289. The maximum Gasteiger partial charge on any atom is 0.162 e. The van der Waals surface area contributed by atoms with E-state index in [0.717, 1.165) is 35.3 Å². The smallest absolute Gasteiger partial charge is 0.162 e. The van der Waals surface area contributed by atoms with Crippen LogP contribution in [0.3, 0.4) is 0 Å². The second kappa shape index (κ2) is 9.58. The molecule has 2 heteroatoms. The third-order valence-corrected chi connectivity index (χ3v) is 8.01. The highest BCUT2D eigenvalue weighted by molar-refractivity contribution is 5.96. The van der Waals surface area contributed by atoms with Crippen LogP contribution in [0.2, 0.25) is 0 Å². The molecule has 160 valence electrons. The molecule has 2 saturated carbocycles. The Labute approximate surface area is 177 Å². The first-order valence-electron chi connectivity index (χ1n) is 11.8. The lowest BCUT2D eigenvalue weighted by atomic mass is 9.75. The van der Waals surface area contributed by atoms with Crippen molar-refractivity contribution in [3.05, 3.63) is 48.0 Å². The van der Waals surface area contributed by atoms with Gasteiger partial charge >= 0.3 is 0 Å². The Morgan fingerprint density at radius 2 is 1.69 bits per heavy atom. The van der Waals surface area contributed by atoms with E-state index in [4.69, 9.17) is 0 Å². The highest BCUT2D eigenvalue weighted by Crippen LogP contribution is 2.47. The summed E-state index contributed by atoms with van der Waals surface area (Å²) in [5, 5.41) is 0. The van der Waals surface area contributed by atoms with Crippen molar-refractivity contribution in [2.75, 3.05) is 0 Å². The normalized spacial score (nSPS) is 23.0. The topological polar surface area (TPSA) is 17.1 Å². The van der Waals surface area contributed by atoms with Gasteiger partial charge in [-0.2, -0.15) is 0 Å². The van der Waals surface area contributed by atoms with Gasteiger partial charge in [-0.05, 0) is 49.5 Å². The molecule has 2 fully saturated rings. The Hall–Kier alpha value is -1.44. The molecule has 3 unspecified atom stereocenters. The summed E-state index contributed by atoms with van der Waals surface area (Å²) in [6, 6.07) is 7.67. The second-order valence-corrected chi connectivity index (χ2v) is 9.88. The third-order valence-electron chi connectivity index (χ3n) is 8.01. The van der Waals surface area contributed by atoms with Crippen LogP contribution in [0, 0.1) is 23.7 Å². The molecule has 1 aromatic carbocycles. The molecule has 0 bridgehead atoms. The lowest BCUT2D eigenvalue weighted by molar-refractivity contribution is 0.0959. The fourth-order valence-electron chi connectivity index (χ4n) is 5.29. The second-order valence-electron chi connectivity index (χ2n) is 9.88. The number of halogens is 1. The average molecular weight is 399 g/mol. The first-order chi connectivity index (χ1) is 13.8. The monoisotopic (exact) mass is 398 g/mol. The molecule has 0 heterocycles. The van der Waals surface area contributed by atoms with Crippen LogP contribution in [-0.2, 0) is 0 Å². The maximum atomic E-state index is 15.2. The van der Waals surface area contributed by atoms with Crippen LogP contribution < -0.4 is 0 Å². The lowest BCUT2D eigenvalue weighted by Gasteiger charge is -2.32. The summed E-state index contributed by atoms with van der Waals surface area (Å²) in [5.74, 6) is 2.26. The van der Waals surface area contributed by atoms with Crippen molar-refractivity contribution in [1.29, 1.82) is 0 Å². The highest BCUT2D eigenvalue weighted by atomic mass is 19.1. The van der Waals surface area contributed by atoms with E-state index in [0.29, 0.717) is 6.42 Å². The molecule has 29 heavy (non-hydrogen) atoms. The van der Waals surface area contributed by atoms with E-state index in [1.807, 2.05) is 38.1 Å². The van der Waals surface area contributed by atoms with Gasteiger partial charge < -0.3 is 0 Å². The summed E-state index contributed by atoms with van der Waals surface area (Å²) < 4.78 is 15.2. The zero-order valence-corrected chi connectivity index (χ0v) is 18.6. The number of rotatable bonds is 10. The van der Waals surface area contributed by atoms with Gasteiger partial charge in [0.1, 0.15) is 5.67 Å². The van der Waals surface area contributed by atoms with Gasteiger partial charge in [0.25, 0.3) is 0 Å². The summed E-state index contributed by atoms with van der Waals surface area (Å²) in [5.41, 5.74) is 0.361. The minimum absolute atomic E-state index is 0.224. The van der Waals surface area contributed by atoms with Crippen LogP contribution in [0.15, 0.2) is 36.9 Å². The molecule has 0 radical (unpaired) electrons. The Kier molecular flexibility index (Phi) is 7.35. The van der Waals surface area contributed by atoms with Gasteiger partial charge in [0.05, 0.1) is 0 Å². The summed E-state index contributed by atoms with van der Waals surface area (Å²) in [6.45, 7) is 9.17. The number of benzene rings is 1. The van der Waals surface area contributed by atoms with Gasteiger partial charge in [-0.1, -0.05) is 76.3 Å². The molecular weight excluding hydrogens is 359 g/mol. The molecule has 0 amide bonds. The number of carbonyl (C=O) groups excluding carboxylic acids is 1. The molecular formula is C27H39FO. The summed E-state index contributed by atoms with van der Waals surface area (Å²) in [4.78, 5) is 12.8. The van der Waals surface area contributed by atoms with Gasteiger partial charge in [0.2, 0.25) is 0 Å². The fourth-order valence-corrected chi connectivity index (χ4v) is 5.29. The Bertz CT molecular complexity index is 679. The number of hydrogen-bond acceptors (Lipinski definition) is 1. The first kappa shape index (κ1) is 22.2. The Morgan fingerprint density at radius 1 is 1.10 bits per heavy atom. The average Bonchev–Trinajstić information content (AvgIpc) is 3.58. The molecule has 3 rings (SSSR count). The molecule has 1 aromatic rings. The molecule has 2 aliphatic rings. The van der Waals surface area contributed by atoms with Gasteiger partial charge in [0, 0.05) is 23.8 Å². The van der Waals surface area contributed by atoms with E-state index in [1.165, 1.54) is 44.9 Å². The highest BCUT2D eigenvalue weighted by Gasteiger charge is 2.37. The summed E-state index contributed by atoms with van der Waals surface area (Å²) >= 11 is 0. The van der Waals surface area contributed by atoms with Crippen molar-refractivity contribution >= 4 is 5.78 Å². The van der Waals surface area contributed by atoms with E-state index >= 15 is 4.39 Å². The van der Waals surface area contributed by atoms with Crippen LogP contribution in [0.5, 0.6) is 0 Å². The standard InChI is InChI=1S/C27H39FO/c1-5-19(2)27(4,28)20(3)21-11-15-24(16-12-21)26(29)18-17-25(23-13-14-23)22-9-7-6-8-10-22/h5,11-12,15-16,19-20,22-23,25H,1,6-10,13-14,17-18H2,2-4H3/t19?,20-,25?,27?/m1/s1. The van der Waals surface area contributed by atoms with E-state index in [2.05, 4.69) is 6.58 Å². The predicted molar refractivity (Wildman–Crippen MR) is 120 cm³/mol. The zero-order valence-electron chi connectivity index (χ0n) is 18.6.